The molecule has 0 aromatic heterocycles. The molecule has 0 radical (unpaired) electrons. The van der Waals surface area contributed by atoms with Gasteiger partial charge in [0.05, 0.1) is 17.6 Å². The molecule has 2 saturated heterocycles. The number of aliphatic carboxylic acids is 1. The summed E-state index contributed by atoms with van der Waals surface area (Å²) in [5.41, 5.74) is -0.713. The molecule has 0 amide bonds. The first-order valence-corrected chi connectivity index (χ1v) is 5.62. The fourth-order valence-corrected chi connectivity index (χ4v) is 2.63. The summed E-state index contributed by atoms with van der Waals surface area (Å²) in [6.45, 7) is 3.19. The van der Waals surface area contributed by atoms with Crippen LogP contribution in [0.5, 0.6) is 0 Å². The van der Waals surface area contributed by atoms with Gasteiger partial charge in [-0.15, -0.1) is 0 Å². The summed E-state index contributed by atoms with van der Waals surface area (Å²) in [6, 6.07) is 0. The number of hydrogen-bond acceptors (Lipinski definition) is 3. The van der Waals surface area contributed by atoms with Crippen LogP contribution in [-0.2, 0) is 14.3 Å². The van der Waals surface area contributed by atoms with Crippen molar-refractivity contribution in [3.8, 4) is 0 Å². The first-order valence-electron chi connectivity index (χ1n) is 5.62. The van der Waals surface area contributed by atoms with Crippen molar-refractivity contribution in [1.82, 2.24) is 0 Å². The smallest absolute Gasteiger partial charge is 0.312 e. The van der Waals surface area contributed by atoms with Gasteiger partial charge in [0, 0.05) is 13.2 Å². The molecule has 86 valence electrons. The number of carboxylic acids is 1. The molecular formula is C11H18O4. The number of hydrogen-bond donors (Lipinski definition) is 1. The lowest BCUT2D eigenvalue weighted by Gasteiger charge is -2.29. The molecule has 3 atom stereocenters. The Morgan fingerprint density at radius 3 is 2.73 bits per heavy atom. The van der Waals surface area contributed by atoms with E-state index < -0.39 is 11.4 Å². The van der Waals surface area contributed by atoms with Crippen LogP contribution in [0.1, 0.15) is 32.6 Å². The molecule has 2 aliphatic rings. The Hall–Kier alpha value is -0.610. The highest BCUT2D eigenvalue weighted by atomic mass is 16.5. The van der Waals surface area contributed by atoms with Gasteiger partial charge in [-0.05, 0) is 32.6 Å². The maximum atomic E-state index is 11.4. The molecule has 0 aromatic rings. The van der Waals surface area contributed by atoms with Crippen molar-refractivity contribution in [2.24, 2.45) is 5.41 Å². The van der Waals surface area contributed by atoms with Gasteiger partial charge in [0.1, 0.15) is 0 Å². The molecule has 2 heterocycles. The molecule has 0 bridgehead atoms. The van der Waals surface area contributed by atoms with Gasteiger partial charge in [-0.3, -0.25) is 4.79 Å². The summed E-state index contributed by atoms with van der Waals surface area (Å²) in [5.74, 6) is -0.733. The molecule has 1 N–H and O–H groups in total. The normalized spacial score (nSPS) is 40.9. The molecule has 4 heteroatoms. The van der Waals surface area contributed by atoms with Gasteiger partial charge in [-0.25, -0.2) is 0 Å². The van der Waals surface area contributed by atoms with Crippen molar-refractivity contribution in [3.05, 3.63) is 0 Å². The molecule has 2 rings (SSSR count). The number of rotatable bonds is 3. The van der Waals surface area contributed by atoms with E-state index in [0.29, 0.717) is 19.4 Å². The van der Waals surface area contributed by atoms with Crippen LogP contribution in [0.25, 0.3) is 0 Å². The average molecular weight is 214 g/mol. The fourth-order valence-electron chi connectivity index (χ4n) is 2.63. The molecule has 2 aliphatic heterocycles. The molecular weight excluding hydrogens is 196 g/mol. The summed E-state index contributed by atoms with van der Waals surface area (Å²) in [4.78, 5) is 11.4. The monoisotopic (exact) mass is 214 g/mol. The zero-order chi connectivity index (χ0) is 10.9. The summed E-state index contributed by atoms with van der Waals surface area (Å²) in [5, 5.41) is 9.36. The minimum atomic E-state index is -0.733. The lowest BCUT2D eigenvalue weighted by Crippen LogP contribution is -2.40. The zero-order valence-electron chi connectivity index (χ0n) is 9.07. The van der Waals surface area contributed by atoms with E-state index in [9.17, 15) is 9.90 Å². The standard InChI is InChI=1S/C11H18O4/c1-8-11(10(12)13,4-6-14-8)7-9-3-2-5-15-9/h8-9H,2-7H2,1H3,(H,12,13). The Kier molecular flexibility index (Phi) is 2.98. The number of carbonyl (C=O) groups is 1. The third-order valence-electron chi connectivity index (χ3n) is 3.74. The Morgan fingerprint density at radius 2 is 2.27 bits per heavy atom. The Morgan fingerprint density at radius 1 is 1.47 bits per heavy atom. The third kappa shape index (κ3) is 1.88. The fraction of sp³-hybridized carbons (Fsp3) is 0.909. The Balaban J connectivity index is 2.08. The Bertz CT molecular complexity index is 247. The highest BCUT2D eigenvalue weighted by Crippen LogP contribution is 2.41. The van der Waals surface area contributed by atoms with E-state index in [1.807, 2.05) is 6.92 Å². The van der Waals surface area contributed by atoms with Crippen molar-refractivity contribution < 1.29 is 19.4 Å². The van der Waals surface area contributed by atoms with Crippen LogP contribution in [0.3, 0.4) is 0 Å². The molecule has 0 aromatic carbocycles. The molecule has 0 aliphatic carbocycles. The van der Waals surface area contributed by atoms with E-state index in [4.69, 9.17) is 9.47 Å². The lowest BCUT2D eigenvalue weighted by atomic mass is 9.76. The summed E-state index contributed by atoms with van der Waals surface area (Å²) >= 11 is 0. The van der Waals surface area contributed by atoms with Crippen LogP contribution in [0.2, 0.25) is 0 Å². The van der Waals surface area contributed by atoms with E-state index in [1.54, 1.807) is 0 Å². The van der Waals surface area contributed by atoms with Crippen molar-refractivity contribution in [1.29, 1.82) is 0 Å². The van der Waals surface area contributed by atoms with Gasteiger partial charge in [0.2, 0.25) is 0 Å². The summed E-state index contributed by atoms with van der Waals surface area (Å²) in [7, 11) is 0. The van der Waals surface area contributed by atoms with Gasteiger partial charge in [-0.2, -0.15) is 0 Å². The minimum absolute atomic E-state index is 0.116. The van der Waals surface area contributed by atoms with Crippen LogP contribution in [0, 0.1) is 5.41 Å². The predicted molar refractivity (Wildman–Crippen MR) is 53.7 cm³/mol. The second-order valence-electron chi connectivity index (χ2n) is 4.56. The van der Waals surface area contributed by atoms with E-state index in [2.05, 4.69) is 0 Å². The summed E-state index contributed by atoms with van der Waals surface area (Å²) in [6.07, 6.45) is 3.17. The molecule has 2 fully saturated rings. The molecule has 15 heavy (non-hydrogen) atoms. The highest BCUT2D eigenvalue weighted by molar-refractivity contribution is 5.75. The van der Waals surface area contributed by atoms with Gasteiger partial charge in [-0.1, -0.05) is 0 Å². The minimum Gasteiger partial charge on any atom is -0.481 e. The van der Waals surface area contributed by atoms with E-state index in [-0.39, 0.29) is 12.2 Å². The first-order chi connectivity index (χ1) is 7.15. The quantitative estimate of drug-likeness (QED) is 0.772. The third-order valence-corrected chi connectivity index (χ3v) is 3.74. The Labute approximate surface area is 89.6 Å². The van der Waals surface area contributed by atoms with Gasteiger partial charge in [0.15, 0.2) is 0 Å². The second kappa shape index (κ2) is 4.10. The topological polar surface area (TPSA) is 55.8 Å². The van der Waals surface area contributed by atoms with Crippen LogP contribution >= 0.6 is 0 Å². The molecule has 0 saturated carbocycles. The zero-order valence-corrected chi connectivity index (χ0v) is 9.07. The molecule has 0 spiro atoms. The highest BCUT2D eigenvalue weighted by Gasteiger charge is 2.49. The maximum Gasteiger partial charge on any atom is 0.312 e. The van der Waals surface area contributed by atoms with Crippen molar-refractivity contribution >= 4 is 5.97 Å². The van der Waals surface area contributed by atoms with Gasteiger partial charge in [0.25, 0.3) is 0 Å². The largest absolute Gasteiger partial charge is 0.481 e. The lowest BCUT2D eigenvalue weighted by molar-refractivity contribution is -0.154. The molecule has 4 nitrogen and oxygen atoms in total. The van der Waals surface area contributed by atoms with Crippen molar-refractivity contribution in [2.75, 3.05) is 13.2 Å². The van der Waals surface area contributed by atoms with Crippen molar-refractivity contribution in [2.45, 2.75) is 44.8 Å². The first kappa shape index (κ1) is 10.9. The van der Waals surface area contributed by atoms with E-state index in [1.165, 1.54) is 0 Å². The summed E-state index contributed by atoms with van der Waals surface area (Å²) < 4.78 is 10.9. The second-order valence-corrected chi connectivity index (χ2v) is 4.56. The van der Waals surface area contributed by atoms with Crippen LogP contribution in [0.4, 0.5) is 0 Å². The maximum absolute atomic E-state index is 11.4. The number of ether oxygens (including phenoxy) is 2. The number of carboxylic acid groups (broad SMARTS) is 1. The van der Waals surface area contributed by atoms with Crippen LogP contribution < -0.4 is 0 Å². The van der Waals surface area contributed by atoms with Crippen LogP contribution in [-0.4, -0.2) is 36.5 Å². The average Bonchev–Trinajstić information content (AvgIpc) is 2.78. The van der Waals surface area contributed by atoms with E-state index >= 15 is 0 Å². The van der Waals surface area contributed by atoms with E-state index in [0.717, 1.165) is 19.4 Å². The van der Waals surface area contributed by atoms with Crippen molar-refractivity contribution in [3.63, 3.8) is 0 Å². The van der Waals surface area contributed by atoms with Crippen LogP contribution in [0.15, 0.2) is 0 Å². The predicted octanol–water partition coefficient (Wildman–Crippen LogP) is 1.44. The van der Waals surface area contributed by atoms with Gasteiger partial charge >= 0.3 is 5.97 Å². The molecule has 3 unspecified atom stereocenters. The SMILES string of the molecule is CC1OCCC1(CC1CCCO1)C(=O)O. The van der Waals surface area contributed by atoms with Gasteiger partial charge < -0.3 is 14.6 Å².